The van der Waals surface area contributed by atoms with E-state index in [-0.39, 0.29) is 0 Å². The Morgan fingerprint density at radius 1 is 1.06 bits per heavy atom. The van der Waals surface area contributed by atoms with E-state index in [0.29, 0.717) is 0 Å². The third-order valence-electron chi connectivity index (χ3n) is 5.03. The second-order valence-electron chi connectivity index (χ2n) is 7.59. The quantitative estimate of drug-likeness (QED) is 0.168. The van der Waals surface area contributed by atoms with Gasteiger partial charge in [-0.15, -0.1) is 12.8 Å². The molecule has 0 amide bonds. The Morgan fingerprint density at radius 3 is 2.41 bits per heavy atom. The topological polar surface area (TPSA) is 24.4 Å². The van der Waals surface area contributed by atoms with Gasteiger partial charge < -0.3 is 5.32 Å². The van der Waals surface area contributed by atoms with E-state index in [4.69, 9.17) is 11.6 Å². The number of terminal acetylenes is 1. The normalized spacial score (nSPS) is 11.7. The van der Waals surface area contributed by atoms with Crippen LogP contribution in [0.2, 0.25) is 5.02 Å². The maximum Gasteiger partial charge on any atom is 0.0499 e. The molecule has 1 N–H and O–H groups in total. The van der Waals surface area contributed by atoms with Crippen LogP contribution < -0.4 is 5.32 Å². The number of aliphatic imine (C=N–C) groups is 1. The summed E-state index contributed by atoms with van der Waals surface area (Å²) in [6.45, 7) is 16.2. The Hall–Kier alpha value is -2.86. The van der Waals surface area contributed by atoms with Gasteiger partial charge in [0.1, 0.15) is 0 Å². The summed E-state index contributed by atoms with van der Waals surface area (Å²) in [6, 6.07) is 12.6. The van der Waals surface area contributed by atoms with Crippen LogP contribution in [0, 0.1) is 33.6 Å². The molecule has 0 atom stereocenters. The van der Waals surface area contributed by atoms with Gasteiger partial charge in [0.15, 0.2) is 0 Å². The van der Waals surface area contributed by atoms with Crippen molar-refractivity contribution in [2.75, 3.05) is 13.1 Å². The van der Waals surface area contributed by atoms with E-state index >= 15 is 0 Å². The summed E-state index contributed by atoms with van der Waals surface area (Å²) in [5.74, 6) is 0. The summed E-state index contributed by atoms with van der Waals surface area (Å²) >= 11 is 6.33. The van der Waals surface area contributed by atoms with Crippen molar-refractivity contribution in [1.82, 2.24) is 5.32 Å². The zero-order valence-corrected chi connectivity index (χ0v) is 22.7. The molecule has 0 aliphatic carbocycles. The van der Waals surface area contributed by atoms with Crippen LogP contribution in [0.1, 0.15) is 55.5 Å². The monoisotopic (exact) mass is 476 g/mol. The number of benzene rings is 2. The molecule has 0 unspecified atom stereocenters. The highest BCUT2D eigenvalue weighted by molar-refractivity contribution is 6.34. The van der Waals surface area contributed by atoms with Crippen LogP contribution in [-0.2, 0) is 6.42 Å². The zero-order chi connectivity index (χ0) is 25.9. The molecule has 2 nitrogen and oxygen atoms in total. The van der Waals surface area contributed by atoms with E-state index in [1.165, 1.54) is 22.3 Å². The summed E-state index contributed by atoms with van der Waals surface area (Å²) in [5, 5.41) is 4.29. The van der Waals surface area contributed by atoms with Crippen LogP contribution in [0.5, 0.6) is 0 Å². The highest BCUT2D eigenvalue weighted by Gasteiger charge is 2.05. The Bertz CT molecular complexity index is 987. The molecule has 0 aliphatic rings. The molecule has 0 radical (unpaired) electrons. The van der Waals surface area contributed by atoms with Crippen LogP contribution in [0.4, 0.5) is 0 Å². The van der Waals surface area contributed by atoms with Crippen LogP contribution in [0.25, 0.3) is 0 Å². The molecule has 0 heterocycles. The van der Waals surface area contributed by atoms with Gasteiger partial charge in [0.2, 0.25) is 0 Å². The molecule has 2 aromatic carbocycles. The summed E-state index contributed by atoms with van der Waals surface area (Å²) in [6.07, 6.45) is 19.1. The highest BCUT2D eigenvalue weighted by Crippen LogP contribution is 2.20. The molecule has 2 rings (SSSR count). The fourth-order valence-electron chi connectivity index (χ4n) is 3.39. The minimum atomic E-state index is 0.739. The molecule has 0 fully saturated rings. The van der Waals surface area contributed by atoms with Gasteiger partial charge in [0.05, 0.1) is 0 Å². The van der Waals surface area contributed by atoms with E-state index in [1.54, 1.807) is 0 Å². The summed E-state index contributed by atoms with van der Waals surface area (Å²) in [5.41, 5.74) is 8.37. The average Bonchev–Trinajstić information content (AvgIpc) is 2.84. The van der Waals surface area contributed by atoms with Gasteiger partial charge in [-0.2, -0.15) is 0 Å². The fourth-order valence-corrected chi connectivity index (χ4v) is 3.75. The molecule has 0 aromatic heterocycles. The van der Waals surface area contributed by atoms with Crippen molar-refractivity contribution in [2.24, 2.45) is 4.99 Å². The summed E-state index contributed by atoms with van der Waals surface area (Å²) in [4.78, 5) is 4.56. The zero-order valence-electron chi connectivity index (χ0n) is 22.0. The van der Waals surface area contributed by atoms with Gasteiger partial charge in [-0.25, -0.2) is 0 Å². The number of hydrogen-bond donors (Lipinski definition) is 1. The van der Waals surface area contributed by atoms with Crippen molar-refractivity contribution < 1.29 is 0 Å². The second kappa shape index (κ2) is 18.6. The summed E-state index contributed by atoms with van der Waals surface area (Å²) in [7, 11) is 0. The van der Waals surface area contributed by atoms with Crippen LogP contribution >= 0.6 is 11.6 Å². The van der Waals surface area contributed by atoms with Crippen molar-refractivity contribution in [1.29, 1.82) is 0 Å². The Kier molecular flexibility index (Phi) is 17.0. The number of allylic oxidation sites excluding steroid dienone is 3. The third-order valence-corrected chi connectivity index (χ3v) is 5.35. The van der Waals surface area contributed by atoms with Gasteiger partial charge in [-0.3, -0.25) is 4.99 Å². The molecule has 2 aromatic rings. The first-order chi connectivity index (χ1) is 16.4. The van der Waals surface area contributed by atoms with Crippen molar-refractivity contribution in [3.8, 4) is 12.8 Å². The minimum Gasteiger partial charge on any atom is -0.312 e. The lowest BCUT2D eigenvalue weighted by molar-refractivity contribution is 0.731. The van der Waals surface area contributed by atoms with Crippen molar-refractivity contribution >= 4 is 17.3 Å². The fraction of sp³-hybridized carbons (Fsp3) is 0.323. The maximum atomic E-state index is 6.33. The molecule has 0 aliphatic heterocycles. The van der Waals surface area contributed by atoms with Crippen LogP contribution in [0.3, 0.4) is 0 Å². The van der Waals surface area contributed by atoms with E-state index in [9.17, 15) is 0 Å². The molecular formula is C31H41ClN2. The Balaban J connectivity index is 0.00000258. The molecule has 0 spiro atoms. The lowest BCUT2D eigenvalue weighted by Gasteiger charge is -2.09. The van der Waals surface area contributed by atoms with E-state index in [1.807, 2.05) is 52.1 Å². The largest absolute Gasteiger partial charge is 0.312 e. The van der Waals surface area contributed by atoms with Gasteiger partial charge in [-0.05, 0) is 82.0 Å². The maximum absolute atomic E-state index is 6.33. The Labute approximate surface area is 213 Å². The van der Waals surface area contributed by atoms with Crippen molar-refractivity contribution in [2.45, 2.75) is 54.9 Å². The lowest BCUT2D eigenvalue weighted by atomic mass is 10.0. The minimum absolute atomic E-state index is 0.739. The number of halogens is 1. The average molecular weight is 477 g/mol. The molecule has 3 heteroatoms. The third kappa shape index (κ3) is 11.3. The molecule has 0 bridgehead atoms. The van der Waals surface area contributed by atoms with Crippen LogP contribution in [-0.4, -0.2) is 18.8 Å². The van der Waals surface area contributed by atoms with E-state index < -0.39 is 0 Å². The SMILES string of the molecule is C#C.C/C=C/C(=C\C=C\N=C(C)c1c(C)cccc1Cl)CNCCc1cc(C)ccc1C.CC. The van der Waals surface area contributed by atoms with Gasteiger partial charge in [0.25, 0.3) is 0 Å². The molecular weight excluding hydrogens is 436 g/mol. The highest BCUT2D eigenvalue weighted by atomic mass is 35.5. The predicted octanol–water partition coefficient (Wildman–Crippen LogP) is 8.20. The predicted molar refractivity (Wildman–Crippen MR) is 154 cm³/mol. The van der Waals surface area contributed by atoms with Gasteiger partial charge in [-0.1, -0.05) is 79.6 Å². The van der Waals surface area contributed by atoms with E-state index in [0.717, 1.165) is 41.4 Å². The van der Waals surface area contributed by atoms with E-state index in [2.05, 4.69) is 86.4 Å². The molecule has 0 saturated carbocycles. The number of aryl methyl sites for hydroxylation is 3. The number of hydrogen-bond acceptors (Lipinski definition) is 2. The van der Waals surface area contributed by atoms with Crippen LogP contribution in [0.15, 0.2) is 77.5 Å². The first-order valence-corrected chi connectivity index (χ1v) is 12.2. The summed E-state index contributed by atoms with van der Waals surface area (Å²) < 4.78 is 0. The molecule has 182 valence electrons. The standard InChI is InChI=1S/C27H33ClN2.C2H6.C2H2/c1-6-9-24(19-29-17-15-25-18-20(2)13-14-21(25)3)11-8-16-30-23(5)27-22(4)10-7-12-26(27)28;2*1-2/h6-14,16,18,29H,15,17,19H2,1-5H3;1-2H3;1-2H/b9-6+,16-8+,24-11+,30-23?;;. The number of nitrogens with zero attached hydrogens (tertiary/aromatic N) is 1. The van der Waals surface area contributed by atoms with Crippen molar-refractivity contribution in [3.05, 3.63) is 105 Å². The van der Waals surface area contributed by atoms with Gasteiger partial charge in [0, 0.05) is 29.0 Å². The first kappa shape index (κ1) is 31.1. The number of rotatable bonds is 9. The second-order valence-corrected chi connectivity index (χ2v) is 7.99. The van der Waals surface area contributed by atoms with Crippen molar-refractivity contribution in [3.63, 3.8) is 0 Å². The first-order valence-electron chi connectivity index (χ1n) is 11.8. The molecule has 34 heavy (non-hydrogen) atoms. The Morgan fingerprint density at radius 2 is 1.76 bits per heavy atom. The lowest BCUT2D eigenvalue weighted by Crippen LogP contribution is -2.20. The smallest absolute Gasteiger partial charge is 0.0499 e. The molecule has 0 saturated heterocycles. The number of nitrogens with one attached hydrogen (secondary N) is 1. The van der Waals surface area contributed by atoms with Gasteiger partial charge >= 0.3 is 0 Å².